The van der Waals surface area contributed by atoms with E-state index >= 15 is 0 Å². The fraction of sp³-hybridized carbons (Fsp3) is 0.600. The Morgan fingerprint density at radius 2 is 2.11 bits per heavy atom. The zero-order chi connectivity index (χ0) is 13.8. The lowest BCUT2D eigenvalue weighted by molar-refractivity contribution is 0.179. The summed E-state index contributed by atoms with van der Waals surface area (Å²) in [6.45, 7) is 3.37. The summed E-state index contributed by atoms with van der Waals surface area (Å²) in [6.07, 6.45) is 4.60. The van der Waals surface area contributed by atoms with Crippen molar-refractivity contribution in [2.75, 3.05) is 25.5 Å². The molecule has 0 radical (unpaired) electrons. The first-order valence-electron chi connectivity index (χ1n) is 6.98. The molecule has 0 aromatic heterocycles. The highest BCUT2D eigenvalue weighted by atomic mass is 19.1. The second kappa shape index (κ2) is 6.33. The molecule has 1 saturated heterocycles. The number of hydrogen-bond acceptors (Lipinski definition) is 2. The molecule has 1 aromatic carbocycles. The molecule has 0 saturated carbocycles. The zero-order valence-corrected chi connectivity index (χ0v) is 11.7. The van der Waals surface area contributed by atoms with Gasteiger partial charge in [-0.25, -0.2) is 8.78 Å². The van der Waals surface area contributed by atoms with E-state index in [0.29, 0.717) is 18.2 Å². The molecule has 1 aromatic rings. The van der Waals surface area contributed by atoms with Gasteiger partial charge >= 0.3 is 0 Å². The Labute approximate surface area is 113 Å². The first-order chi connectivity index (χ1) is 9.09. The van der Waals surface area contributed by atoms with E-state index in [4.69, 9.17) is 0 Å². The molecule has 19 heavy (non-hydrogen) atoms. The van der Waals surface area contributed by atoms with Gasteiger partial charge in [0.2, 0.25) is 0 Å². The Morgan fingerprint density at radius 3 is 2.84 bits per heavy atom. The van der Waals surface area contributed by atoms with E-state index in [1.165, 1.54) is 31.4 Å². The normalized spacial score (nSPS) is 20.5. The molecular formula is C15H22F2N2. The van der Waals surface area contributed by atoms with Crippen LogP contribution in [0, 0.1) is 18.6 Å². The molecule has 1 atom stereocenters. The molecule has 1 aliphatic rings. The number of nitrogens with zero attached hydrogens (tertiary/aromatic N) is 1. The number of rotatable bonds is 4. The molecule has 1 unspecified atom stereocenters. The average molecular weight is 268 g/mol. The number of nitrogens with one attached hydrogen (secondary N) is 1. The first kappa shape index (κ1) is 14.3. The number of piperidine rings is 1. The average Bonchev–Trinajstić information content (AvgIpc) is 2.40. The topological polar surface area (TPSA) is 15.3 Å². The molecule has 4 heteroatoms. The number of benzene rings is 1. The van der Waals surface area contributed by atoms with E-state index in [1.54, 1.807) is 6.92 Å². The molecule has 1 fully saturated rings. The highest BCUT2D eigenvalue weighted by Gasteiger charge is 2.18. The van der Waals surface area contributed by atoms with Crippen LogP contribution in [0.25, 0.3) is 0 Å². The van der Waals surface area contributed by atoms with Crippen molar-refractivity contribution in [1.82, 2.24) is 4.90 Å². The fourth-order valence-electron chi connectivity index (χ4n) is 2.69. The zero-order valence-electron chi connectivity index (χ0n) is 11.7. The van der Waals surface area contributed by atoms with E-state index in [1.807, 2.05) is 0 Å². The third-order valence-corrected chi connectivity index (χ3v) is 3.99. The van der Waals surface area contributed by atoms with Gasteiger partial charge in [0.25, 0.3) is 0 Å². The first-order valence-corrected chi connectivity index (χ1v) is 6.98. The van der Waals surface area contributed by atoms with Crippen LogP contribution in [0.4, 0.5) is 14.5 Å². The molecule has 1 N–H and O–H groups in total. The predicted molar refractivity (Wildman–Crippen MR) is 74.5 cm³/mol. The summed E-state index contributed by atoms with van der Waals surface area (Å²) in [7, 11) is 2.12. The van der Waals surface area contributed by atoms with Crippen molar-refractivity contribution in [2.24, 2.45) is 0 Å². The molecule has 2 rings (SSSR count). The van der Waals surface area contributed by atoms with Crippen LogP contribution in [-0.2, 0) is 0 Å². The lowest BCUT2D eigenvalue weighted by Gasteiger charge is -2.32. The van der Waals surface area contributed by atoms with Gasteiger partial charge in [-0.05, 0) is 51.4 Å². The lowest BCUT2D eigenvalue weighted by Crippen LogP contribution is -2.37. The second-order valence-electron chi connectivity index (χ2n) is 5.40. The molecule has 0 bridgehead atoms. The molecule has 1 heterocycles. The van der Waals surface area contributed by atoms with Crippen LogP contribution >= 0.6 is 0 Å². The Hall–Kier alpha value is -1.16. The largest absolute Gasteiger partial charge is 0.380 e. The molecule has 106 valence electrons. The maximum Gasteiger partial charge on any atom is 0.152 e. The third kappa shape index (κ3) is 3.44. The van der Waals surface area contributed by atoms with Gasteiger partial charge in [0.15, 0.2) is 5.82 Å². The lowest BCUT2D eigenvalue weighted by atomic mass is 10.00. The number of aryl methyl sites for hydroxylation is 1. The monoisotopic (exact) mass is 268 g/mol. The Morgan fingerprint density at radius 1 is 1.32 bits per heavy atom. The van der Waals surface area contributed by atoms with Gasteiger partial charge in [-0.3, -0.25) is 0 Å². The Kier molecular flexibility index (Phi) is 4.75. The van der Waals surface area contributed by atoms with Crippen molar-refractivity contribution in [3.05, 3.63) is 29.3 Å². The van der Waals surface area contributed by atoms with Crippen molar-refractivity contribution in [3.63, 3.8) is 0 Å². The van der Waals surface area contributed by atoms with Gasteiger partial charge in [-0.1, -0.05) is 12.5 Å². The van der Waals surface area contributed by atoms with Crippen LogP contribution in [-0.4, -0.2) is 31.1 Å². The summed E-state index contributed by atoms with van der Waals surface area (Å²) >= 11 is 0. The predicted octanol–water partition coefficient (Wildman–Crippen LogP) is 3.56. The smallest absolute Gasteiger partial charge is 0.152 e. The molecule has 1 aliphatic heterocycles. The van der Waals surface area contributed by atoms with Crippen molar-refractivity contribution in [3.8, 4) is 0 Å². The van der Waals surface area contributed by atoms with Gasteiger partial charge < -0.3 is 10.2 Å². The van der Waals surface area contributed by atoms with Crippen molar-refractivity contribution < 1.29 is 8.78 Å². The number of likely N-dealkylation sites (tertiary alicyclic amines) is 1. The molecule has 0 aliphatic carbocycles. The summed E-state index contributed by atoms with van der Waals surface area (Å²) < 4.78 is 27.4. The third-order valence-electron chi connectivity index (χ3n) is 3.99. The quantitative estimate of drug-likeness (QED) is 0.898. The summed E-state index contributed by atoms with van der Waals surface area (Å²) in [5.41, 5.74) is 0.483. The van der Waals surface area contributed by atoms with Gasteiger partial charge in [-0.2, -0.15) is 0 Å². The Bertz CT molecular complexity index is 434. The molecular weight excluding hydrogens is 246 g/mol. The number of hydrogen-bond donors (Lipinski definition) is 1. The van der Waals surface area contributed by atoms with E-state index in [2.05, 4.69) is 17.3 Å². The second-order valence-corrected chi connectivity index (χ2v) is 5.40. The van der Waals surface area contributed by atoms with Gasteiger partial charge in [0.05, 0.1) is 0 Å². The summed E-state index contributed by atoms with van der Waals surface area (Å²) in [4.78, 5) is 2.34. The van der Waals surface area contributed by atoms with Crippen LogP contribution in [0.2, 0.25) is 0 Å². The van der Waals surface area contributed by atoms with Crippen LogP contribution in [0.1, 0.15) is 31.2 Å². The minimum Gasteiger partial charge on any atom is -0.380 e. The summed E-state index contributed by atoms with van der Waals surface area (Å²) in [5, 5.41) is 2.91. The van der Waals surface area contributed by atoms with Crippen LogP contribution in [0.5, 0.6) is 0 Å². The minimum absolute atomic E-state index is 0.0125. The molecule has 2 nitrogen and oxygen atoms in total. The number of anilines is 1. The van der Waals surface area contributed by atoms with E-state index < -0.39 is 11.6 Å². The summed E-state index contributed by atoms with van der Waals surface area (Å²) in [5.74, 6) is -0.989. The van der Waals surface area contributed by atoms with Crippen LogP contribution in [0.15, 0.2) is 12.1 Å². The maximum absolute atomic E-state index is 13.8. The SMILES string of the molecule is Cc1ccc(F)c(NCCC2CCCCN2C)c1F. The van der Waals surface area contributed by atoms with E-state index in [0.717, 1.165) is 13.0 Å². The maximum atomic E-state index is 13.8. The van der Waals surface area contributed by atoms with Crippen molar-refractivity contribution in [1.29, 1.82) is 0 Å². The van der Waals surface area contributed by atoms with E-state index in [9.17, 15) is 8.78 Å². The van der Waals surface area contributed by atoms with Gasteiger partial charge in [0.1, 0.15) is 11.5 Å². The Balaban J connectivity index is 1.90. The highest BCUT2D eigenvalue weighted by molar-refractivity contribution is 5.48. The standard InChI is InChI=1S/C15H22F2N2/c1-11-6-7-13(16)15(14(11)17)18-9-8-12-5-3-4-10-19(12)2/h6-7,12,18H,3-5,8-10H2,1-2H3. The van der Waals surface area contributed by atoms with E-state index in [-0.39, 0.29) is 5.69 Å². The van der Waals surface area contributed by atoms with Crippen LogP contribution in [0.3, 0.4) is 0 Å². The van der Waals surface area contributed by atoms with Crippen LogP contribution < -0.4 is 5.32 Å². The van der Waals surface area contributed by atoms with Gasteiger partial charge in [-0.15, -0.1) is 0 Å². The number of halogens is 2. The van der Waals surface area contributed by atoms with Gasteiger partial charge in [0, 0.05) is 12.6 Å². The minimum atomic E-state index is -0.514. The highest BCUT2D eigenvalue weighted by Crippen LogP contribution is 2.22. The molecule has 0 amide bonds. The summed E-state index contributed by atoms with van der Waals surface area (Å²) in [6, 6.07) is 3.30. The molecule has 0 spiro atoms. The fourth-order valence-corrected chi connectivity index (χ4v) is 2.69. The van der Waals surface area contributed by atoms with Crippen molar-refractivity contribution >= 4 is 5.69 Å². The van der Waals surface area contributed by atoms with Crippen molar-refractivity contribution in [2.45, 2.75) is 38.6 Å².